The fraction of sp³-hybridized carbons (Fsp3) is 0. The molecule has 0 radical (unpaired) electrons. The minimum Gasteiger partial charge on any atom is -0.502 e. The Labute approximate surface area is 129 Å². The third-order valence-corrected chi connectivity index (χ3v) is 4.31. The van der Waals surface area contributed by atoms with Gasteiger partial charge in [-0.3, -0.25) is 14.8 Å². The Hall–Kier alpha value is -2.39. The van der Waals surface area contributed by atoms with Gasteiger partial charge < -0.3 is 5.11 Å². The predicted octanol–water partition coefficient (Wildman–Crippen LogP) is 2.89. The molecule has 2 aromatic rings. The Kier molecular flexibility index (Phi) is 4.20. The van der Waals surface area contributed by atoms with Crippen LogP contribution in [0.1, 0.15) is 0 Å². The SMILES string of the molecule is O=[N+]([O-])c1cc(S(=O)(=O)Nc2ccc(F)cc2Cl)ccc1O. The van der Waals surface area contributed by atoms with Crippen LogP contribution in [-0.2, 0) is 10.0 Å². The molecule has 0 heterocycles. The first-order chi connectivity index (χ1) is 10.2. The van der Waals surface area contributed by atoms with Crippen molar-refractivity contribution in [1.82, 2.24) is 0 Å². The van der Waals surface area contributed by atoms with E-state index in [-0.39, 0.29) is 10.7 Å². The van der Waals surface area contributed by atoms with Crippen LogP contribution in [0.15, 0.2) is 41.3 Å². The monoisotopic (exact) mass is 346 g/mol. The minimum absolute atomic E-state index is 0.0844. The van der Waals surface area contributed by atoms with Crippen LogP contribution >= 0.6 is 11.6 Å². The highest BCUT2D eigenvalue weighted by Gasteiger charge is 2.22. The molecule has 2 rings (SSSR count). The van der Waals surface area contributed by atoms with Gasteiger partial charge in [0.1, 0.15) is 5.82 Å². The van der Waals surface area contributed by atoms with Crippen molar-refractivity contribution < 1.29 is 22.8 Å². The Morgan fingerprint density at radius 2 is 1.91 bits per heavy atom. The summed E-state index contributed by atoms with van der Waals surface area (Å²) in [5.74, 6) is -1.31. The smallest absolute Gasteiger partial charge is 0.312 e. The number of rotatable bonds is 4. The van der Waals surface area contributed by atoms with Gasteiger partial charge in [-0.05, 0) is 30.3 Å². The molecule has 116 valence electrons. The van der Waals surface area contributed by atoms with E-state index in [9.17, 15) is 28.0 Å². The normalized spacial score (nSPS) is 11.2. The molecule has 0 fully saturated rings. The molecule has 0 spiro atoms. The van der Waals surface area contributed by atoms with Crippen molar-refractivity contribution in [3.63, 3.8) is 0 Å². The van der Waals surface area contributed by atoms with Crippen molar-refractivity contribution in [2.24, 2.45) is 0 Å². The molecular formula is C12H8ClFN2O5S. The molecule has 10 heteroatoms. The lowest BCUT2D eigenvalue weighted by atomic mass is 10.3. The number of aromatic hydroxyl groups is 1. The highest BCUT2D eigenvalue weighted by molar-refractivity contribution is 7.92. The first kappa shape index (κ1) is 16.0. The maximum absolute atomic E-state index is 12.9. The highest BCUT2D eigenvalue weighted by Crippen LogP contribution is 2.30. The second-order valence-electron chi connectivity index (χ2n) is 4.14. The summed E-state index contributed by atoms with van der Waals surface area (Å²) in [5.41, 5.74) is -0.841. The van der Waals surface area contributed by atoms with Gasteiger partial charge in [-0.25, -0.2) is 12.8 Å². The highest BCUT2D eigenvalue weighted by atomic mass is 35.5. The molecule has 0 saturated heterocycles. The average Bonchev–Trinajstić information content (AvgIpc) is 2.42. The summed E-state index contributed by atoms with van der Waals surface area (Å²) in [6, 6.07) is 5.61. The first-order valence-electron chi connectivity index (χ1n) is 5.66. The van der Waals surface area contributed by atoms with Gasteiger partial charge in [-0.15, -0.1) is 0 Å². The van der Waals surface area contributed by atoms with Gasteiger partial charge in [0.15, 0.2) is 5.75 Å². The van der Waals surface area contributed by atoms with E-state index in [1.54, 1.807) is 0 Å². The van der Waals surface area contributed by atoms with Crippen molar-refractivity contribution in [2.45, 2.75) is 4.90 Å². The zero-order chi connectivity index (χ0) is 16.5. The molecule has 2 aromatic carbocycles. The number of anilines is 1. The molecule has 2 N–H and O–H groups in total. The zero-order valence-electron chi connectivity index (χ0n) is 10.7. The summed E-state index contributed by atoms with van der Waals surface area (Å²) in [4.78, 5) is 9.35. The number of nitro groups is 1. The average molecular weight is 347 g/mol. The van der Waals surface area contributed by atoms with Gasteiger partial charge >= 0.3 is 5.69 Å². The zero-order valence-corrected chi connectivity index (χ0v) is 12.2. The summed E-state index contributed by atoms with van der Waals surface area (Å²) < 4.78 is 39.3. The minimum atomic E-state index is -4.19. The van der Waals surface area contributed by atoms with Gasteiger partial charge in [0.05, 0.1) is 20.5 Å². The summed E-state index contributed by atoms with van der Waals surface area (Å²) in [6.07, 6.45) is 0. The molecule has 7 nitrogen and oxygen atoms in total. The van der Waals surface area contributed by atoms with Crippen molar-refractivity contribution in [3.8, 4) is 5.75 Å². The number of sulfonamides is 1. The number of phenols is 1. The quantitative estimate of drug-likeness (QED) is 0.653. The van der Waals surface area contributed by atoms with Crippen molar-refractivity contribution in [3.05, 3.63) is 57.4 Å². The van der Waals surface area contributed by atoms with Crippen LogP contribution in [0.25, 0.3) is 0 Å². The number of nitro benzene ring substituents is 1. The summed E-state index contributed by atoms with van der Waals surface area (Å²) in [6.45, 7) is 0. The van der Waals surface area contributed by atoms with Gasteiger partial charge in [0.25, 0.3) is 10.0 Å². The van der Waals surface area contributed by atoms with Crippen LogP contribution in [-0.4, -0.2) is 18.4 Å². The van der Waals surface area contributed by atoms with Crippen molar-refractivity contribution >= 4 is 33.0 Å². The molecule has 0 atom stereocenters. The largest absolute Gasteiger partial charge is 0.502 e. The Balaban J connectivity index is 2.42. The van der Waals surface area contributed by atoms with Crippen LogP contribution in [0, 0.1) is 15.9 Å². The predicted molar refractivity (Wildman–Crippen MR) is 77.0 cm³/mol. The van der Waals surface area contributed by atoms with Gasteiger partial charge in [-0.2, -0.15) is 0 Å². The van der Waals surface area contributed by atoms with Gasteiger partial charge in [0.2, 0.25) is 0 Å². The van der Waals surface area contributed by atoms with Crippen LogP contribution in [0.5, 0.6) is 5.75 Å². The molecule has 0 amide bonds. The number of hydrogen-bond acceptors (Lipinski definition) is 5. The van der Waals surface area contributed by atoms with E-state index in [4.69, 9.17) is 11.6 Å². The van der Waals surface area contributed by atoms with E-state index in [1.807, 2.05) is 0 Å². The standard InChI is InChI=1S/C12H8ClFN2O5S/c13-9-5-7(14)1-3-10(9)15-22(20,21)8-2-4-12(17)11(6-8)16(18)19/h1-6,15,17H. The molecule has 0 saturated carbocycles. The number of halogens is 2. The molecule has 0 bridgehead atoms. The van der Waals surface area contributed by atoms with E-state index < -0.39 is 37.1 Å². The maximum atomic E-state index is 12.9. The van der Waals surface area contributed by atoms with Crippen LogP contribution in [0.2, 0.25) is 5.02 Å². The third kappa shape index (κ3) is 3.26. The Bertz CT molecular complexity index is 857. The summed E-state index contributed by atoms with van der Waals surface area (Å²) >= 11 is 5.71. The molecule has 0 aliphatic heterocycles. The fourth-order valence-corrected chi connectivity index (χ4v) is 2.96. The van der Waals surface area contributed by atoms with Crippen LogP contribution in [0.4, 0.5) is 15.8 Å². The number of benzene rings is 2. The fourth-order valence-electron chi connectivity index (χ4n) is 1.59. The summed E-state index contributed by atoms with van der Waals surface area (Å²) in [5, 5.41) is 19.9. The Morgan fingerprint density at radius 1 is 1.23 bits per heavy atom. The van der Waals surface area contributed by atoms with Gasteiger partial charge in [0, 0.05) is 6.07 Å². The topological polar surface area (TPSA) is 110 Å². The molecule has 0 aliphatic carbocycles. The lowest BCUT2D eigenvalue weighted by Gasteiger charge is -2.09. The van der Waals surface area contributed by atoms with Crippen LogP contribution in [0.3, 0.4) is 0 Å². The van der Waals surface area contributed by atoms with Gasteiger partial charge in [-0.1, -0.05) is 11.6 Å². The summed E-state index contributed by atoms with van der Waals surface area (Å²) in [7, 11) is -4.19. The van der Waals surface area contributed by atoms with E-state index in [0.29, 0.717) is 6.07 Å². The molecule has 0 aliphatic rings. The number of nitrogens with one attached hydrogen (secondary N) is 1. The first-order valence-corrected chi connectivity index (χ1v) is 7.52. The molecule has 22 heavy (non-hydrogen) atoms. The molecule has 0 aromatic heterocycles. The molecule has 0 unspecified atom stereocenters. The van der Waals surface area contributed by atoms with Crippen molar-refractivity contribution in [2.75, 3.05) is 4.72 Å². The van der Waals surface area contributed by atoms with E-state index in [0.717, 1.165) is 30.3 Å². The Morgan fingerprint density at radius 3 is 2.50 bits per heavy atom. The van der Waals surface area contributed by atoms with Crippen molar-refractivity contribution in [1.29, 1.82) is 0 Å². The second-order valence-corrected chi connectivity index (χ2v) is 6.23. The van der Waals surface area contributed by atoms with Crippen LogP contribution < -0.4 is 4.72 Å². The number of hydrogen-bond donors (Lipinski definition) is 2. The molecular weight excluding hydrogens is 339 g/mol. The second kappa shape index (κ2) is 5.78. The third-order valence-electron chi connectivity index (χ3n) is 2.63. The lowest BCUT2D eigenvalue weighted by molar-refractivity contribution is -0.386. The van der Waals surface area contributed by atoms with E-state index in [1.165, 1.54) is 0 Å². The maximum Gasteiger partial charge on any atom is 0.312 e. The van der Waals surface area contributed by atoms with E-state index >= 15 is 0 Å². The number of nitrogens with zero attached hydrogens (tertiary/aromatic N) is 1. The number of phenolic OH excluding ortho intramolecular Hbond substituents is 1. The lowest BCUT2D eigenvalue weighted by Crippen LogP contribution is -2.13. The van der Waals surface area contributed by atoms with E-state index in [2.05, 4.69) is 4.72 Å².